The molecule has 0 fully saturated rings. The van der Waals surface area contributed by atoms with E-state index in [1.54, 1.807) is 0 Å². The lowest BCUT2D eigenvalue weighted by molar-refractivity contribution is -0.135. The Kier molecular flexibility index (Phi) is 3.53. The number of oxime groups is 1. The van der Waals surface area contributed by atoms with E-state index in [0.717, 1.165) is 12.1 Å². The van der Waals surface area contributed by atoms with Crippen molar-refractivity contribution in [1.82, 2.24) is 0 Å². The number of carbonyl (C=O) groups is 1. The van der Waals surface area contributed by atoms with Gasteiger partial charge in [0.25, 0.3) is 6.47 Å². The second-order valence-corrected chi connectivity index (χ2v) is 2.48. The van der Waals surface area contributed by atoms with Gasteiger partial charge < -0.3 is 14.7 Å². The zero-order chi connectivity index (χ0) is 8.81. The fraction of sp³-hybridized carbons (Fsp3) is 0.714. The standard InChI is InChI=1S/C7H11NO4/c9-4-7(11-5-10)3-6-1-2-12-8-6/h5,7,9H,1-4H2. The molecule has 5 nitrogen and oxygen atoms in total. The molecule has 0 amide bonds. The van der Waals surface area contributed by atoms with Gasteiger partial charge in [0.15, 0.2) is 0 Å². The molecular weight excluding hydrogens is 162 g/mol. The van der Waals surface area contributed by atoms with Gasteiger partial charge in [0.05, 0.1) is 12.3 Å². The molecule has 1 heterocycles. The van der Waals surface area contributed by atoms with Crippen molar-refractivity contribution in [3.63, 3.8) is 0 Å². The molecule has 0 aromatic rings. The highest BCUT2D eigenvalue weighted by molar-refractivity contribution is 5.85. The molecule has 5 heteroatoms. The van der Waals surface area contributed by atoms with Crippen LogP contribution in [-0.2, 0) is 14.4 Å². The van der Waals surface area contributed by atoms with E-state index in [-0.39, 0.29) is 6.61 Å². The Morgan fingerprint density at radius 1 is 1.83 bits per heavy atom. The summed E-state index contributed by atoms with van der Waals surface area (Å²) in [6.07, 6.45) is 0.719. The third kappa shape index (κ3) is 2.50. The number of ether oxygens (including phenoxy) is 1. The quantitative estimate of drug-likeness (QED) is 0.579. The smallest absolute Gasteiger partial charge is 0.293 e. The number of carbonyl (C=O) groups excluding carboxylic acids is 1. The van der Waals surface area contributed by atoms with Gasteiger partial charge in [-0.1, -0.05) is 5.16 Å². The van der Waals surface area contributed by atoms with Crippen LogP contribution in [0, 0.1) is 0 Å². The zero-order valence-electron chi connectivity index (χ0n) is 6.60. The van der Waals surface area contributed by atoms with Gasteiger partial charge in [-0.15, -0.1) is 0 Å². The van der Waals surface area contributed by atoms with Gasteiger partial charge in [-0.3, -0.25) is 4.79 Å². The molecule has 0 aliphatic carbocycles. The van der Waals surface area contributed by atoms with Crippen molar-refractivity contribution < 1.29 is 19.5 Å². The number of hydrogen-bond donors (Lipinski definition) is 1. The first-order chi connectivity index (χ1) is 5.86. The second kappa shape index (κ2) is 4.71. The predicted molar refractivity (Wildman–Crippen MR) is 40.6 cm³/mol. The number of hydrogen-bond acceptors (Lipinski definition) is 5. The Labute approximate surface area is 70.0 Å². The Hall–Kier alpha value is -1.10. The fourth-order valence-electron chi connectivity index (χ4n) is 0.982. The summed E-state index contributed by atoms with van der Waals surface area (Å²) in [5.74, 6) is 0. The average Bonchev–Trinajstić information content (AvgIpc) is 2.56. The van der Waals surface area contributed by atoms with Crippen molar-refractivity contribution in [3.05, 3.63) is 0 Å². The molecular formula is C7H11NO4. The molecule has 1 unspecified atom stereocenters. The van der Waals surface area contributed by atoms with E-state index in [2.05, 4.69) is 9.89 Å². The van der Waals surface area contributed by atoms with Gasteiger partial charge in [-0.2, -0.15) is 0 Å². The molecule has 0 bridgehead atoms. The van der Waals surface area contributed by atoms with Gasteiger partial charge in [0.2, 0.25) is 0 Å². The predicted octanol–water partition coefficient (Wildman–Crippen LogP) is -0.313. The van der Waals surface area contributed by atoms with E-state index in [1.165, 1.54) is 0 Å². The molecule has 0 aromatic carbocycles. The van der Waals surface area contributed by atoms with E-state index in [1.807, 2.05) is 0 Å². The second-order valence-electron chi connectivity index (χ2n) is 2.48. The molecule has 0 spiro atoms. The van der Waals surface area contributed by atoms with Crippen LogP contribution in [-0.4, -0.2) is 36.6 Å². The summed E-state index contributed by atoms with van der Waals surface area (Å²) in [7, 11) is 0. The Balaban J connectivity index is 2.30. The minimum absolute atomic E-state index is 0.183. The van der Waals surface area contributed by atoms with Gasteiger partial charge in [0.1, 0.15) is 12.7 Å². The van der Waals surface area contributed by atoms with Crippen molar-refractivity contribution >= 4 is 12.2 Å². The van der Waals surface area contributed by atoms with Crippen LogP contribution in [0.4, 0.5) is 0 Å². The summed E-state index contributed by atoms with van der Waals surface area (Å²) >= 11 is 0. The Morgan fingerprint density at radius 3 is 3.17 bits per heavy atom. The molecule has 1 aliphatic rings. The average molecular weight is 173 g/mol. The van der Waals surface area contributed by atoms with Crippen molar-refractivity contribution in [2.75, 3.05) is 13.2 Å². The van der Waals surface area contributed by atoms with E-state index >= 15 is 0 Å². The first kappa shape index (κ1) is 8.99. The third-order valence-corrected chi connectivity index (χ3v) is 1.59. The Bertz CT molecular complexity index is 180. The number of rotatable bonds is 5. The summed E-state index contributed by atoms with van der Waals surface area (Å²) in [6.45, 7) is 0.726. The normalized spacial score (nSPS) is 17.9. The highest BCUT2D eigenvalue weighted by Crippen LogP contribution is 2.07. The Morgan fingerprint density at radius 2 is 2.67 bits per heavy atom. The van der Waals surface area contributed by atoms with Crippen molar-refractivity contribution in [2.24, 2.45) is 5.16 Å². The number of aliphatic hydroxyl groups is 1. The van der Waals surface area contributed by atoms with Crippen LogP contribution in [0.25, 0.3) is 0 Å². The zero-order valence-corrected chi connectivity index (χ0v) is 6.60. The monoisotopic (exact) mass is 173 g/mol. The van der Waals surface area contributed by atoms with Crippen LogP contribution in [0.15, 0.2) is 5.16 Å². The summed E-state index contributed by atoms with van der Waals surface area (Å²) in [6, 6.07) is 0. The van der Waals surface area contributed by atoms with Gasteiger partial charge in [0, 0.05) is 12.8 Å². The lowest BCUT2D eigenvalue weighted by Gasteiger charge is -2.10. The molecule has 1 atom stereocenters. The molecule has 1 rings (SSSR count). The van der Waals surface area contributed by atoms with Crippen LogP contribution in [0.2, 0.25) is 0 Å². The van der Waals surface area contributed by atoms with Crippen LogP contribution < -0.4 is 0 Å². The molecule has 0 saturated carbocycles. The van der Waals surface area contributed by atoms with Gasteiger partial charge in [-0.05, 0) is 0 Å². The first-order valence-electron chi connectivity index (χ1n) is 3.74. The molecule has 1 aliphatic heterocycles. The van der Waals surface area contributed by atoms with Crippen LogP contribution in [0.3, 0.4) is 0 Å². The molecule has 12 heavy (non-hydrogen) atoms. The summed E-state index contributed by atoms with van der Waals surface area (Å²) in [4.78, 5) is 14.7. The number of nitrogens with zero attached hydrogens (tertiary/aromatic N) is 1. The van der Waals surface area contributed by atoms with Gasteiger partial charge >= 0.3 is 0 Å². The maximum atomic E-state index is 9.94. The molecule has 0 aromatic heterocycles. The van der Waals surface area contributed by atoms with Crippen LogP contribution in [0.1, 0.15) is 12.8 Å². The molecule has 1 N–H and O–H groups in total. The topological polar surface area (TPSA) is 68.1 Å². The fourth-order valence-corrected chi connectivity index (χ4v) is 0.982. The summed E-state index contributed by atoms with van der Waals surface area (Å²) in [5, 5.41) is 12.5. The van der Waals surface area contributed by atoms with Crippen LogP contribution >= 0.6 is 0 Å². The van der Waals surface area contributed by atoms with E-state index < -0.39 is 6.10 Å². The molecule has 0 radical (unpaired) electrons. The highest BCUT2D eigenvalue weighted by Gasteiger charge is 2.15. The van der Waals surface area contributed by atoms with Gasteiger partial charge in [-0.25, -0.2) is 0 Å². The molecule has 68 valence electrons. The SMILES string of the molecule is O=COC(CO)CC1=NOCC1. The number of aliphatic hydroxyl groups excluding tert-OH is 1. The highest BCUT2D eigenvalue weighted by atomic mass is 16.6. The lowest BCUT2D eigenvalue weighted by atomic mass is 10.1. The third-order valence-electron chi connectivity index (χ3n) is 1.59. The lowest BCUT2D eigenvalue weighted by Crippen LogP contribution is -2.20. The van der Waals surface area contributed by atoms with E-state index in [9.17, 15) is 4.79 Å². The van der Waals surface area contributed by atoms with Crippen molar-refractivity contribution in [1.29, 1.82) is 0 Å². The van der Waals surface area contributed by atoms with E-state index in [4.69, 9.17) is 9.94 Å². The van der Waals surface area contributed by atoms with Crippen molar-refractivity contribution in [2.45, 2.75) is 18.9 Å². The largest absolute Gasteiger partial charge is 0.462 e. The summed E-state index contributed by atoms with van der Waals surface area (Å²) in [5.41, 5.74) is 0.830. The molecule has 0 saturated heterocycles. The van der Waals surface area contributed by atoms with E-state index in [0.29, 0.717) is 19.5 Å². The summed E-state index contributed by atoms with van der Waals surface area (Å²) < 4.78 is 4.59. The minimum Gasteiger partial charge on any atom is -0.462 e. The van der Waals surface area contributed by atoms with Crippen LogP contribution in [0.5, 0.6) is 0 Å². The minimum atomic E-state index is -0.483. The first-order valence-corrected chi connectivity index (χ1v) is 3.74. The maximum absolute atomic E-state index is 9.94. The maximum Gasteiger partial charge on any atom is 0.293 e. The van der Waals surface area contributed by atoms with Crippen molar-refractivity contribution in [3.8, 4) is 0 Å².